The zero-order valence-electron chi connectivity index (χ0n) is 11.2. The Balaban J connectivity index is 2.21. The maximum Gasteiger partial charge on any atom is 0.311 e. The van der Waals surface area contributed by atoms with Gasteiger partial charge in [-0.1, -0.05) is 25.3 Å². The van der Waals surface area contributed by atoms with Crippen molar-refractivity contribution in [2.24, 2.45) is 5.73 Å². The van der Waals surface area contributed by atoms with Crippen molar-refractivity contribution in [1.29, 1.82) is 0 Å². The molecule has 104 valence electrons. The van der Waals surface area contributed by atoms with Crippen LogP contribution in [-0.4, -0.2) is 17.6 Å². The van der Waals surface area contributed by atoms with Crippen LogP contribution < -0.4 is 10.5 Å². The van der Waals surface area contributed by atoms with Gasteiger partial charge in [-0.15, -0.1) is 0 Å². The van der Waals surface area contributed by atoms with E-state index in [-0.39, 0.29) is 11.2 Å². The fourth-order valence-corrected chi connectivity index (χ4v) is 2.83. The largest absolute Gasteiger partial charge is 0.490 e. The van der Waals surface area contributed by atoms with Crippen molar-refractivity contribution in [3.63, 3.8) is 0 Å². The number of methoxy groups -OCH3 is 1. The molecule has 0 aromatic heterocycles. The van der Waals surface area contributed by atoms with Crippen LogP contribution in [0.5, 0.6) is 5.75 Å². The Morgan fingerprint density at radius 2 is 2.05 bits per heavy atom. The van der Waals surface area contributed by atoms with Gasteiger partial charge in [0.15, 0.2) is 5.75 Å². The fraction of sp³-hybridized carbons (Fsp3) is 0.571. The number of ether oxygens (including phenoxy) is 1. The van der Waals surface area contributed by atoms with Gasteiger partial charge in [-0.25, -0.2) is 0 Å². The summed E-state index contributed by atoms with van der Waals surface area (Å²) in [7, 11) is 1.44. The molecule has 1 saturated carbocycles. The van der Waals surface area contributed by atoms with Crippen molar-refractivity contribution in [1.82, 2.24) is 0 Å². The van der Waals surface area contributed by atoms with Crippen molar-refractivity contribution in [2.75, 3.05) is 7.11 Å². The highest BCUT2D eigenvalue weighted by Crippen LogP contribution is 2.32. The lowest BCUT2D eigenvalue weighted by atomic mass is 9.78. The lowest BCUT2D eigenvalue weighted by Gasteiger charge is -2.33. The first-order valence-corrected chi connectivity index (χ1v) is 6.64. The van der Waals surface area contributed by atoms with E-state index in [0.717, 1.165) is 31.2 Å². The summed E-state index contributed by atoms with van der Waals surface area (Å²) in [5, 5.41) is 11.0. The van der Waals surface area contributed by atoms with Gasteiger partial charge in [0.25, 0.3) is 0 Å². The molecule has 0 atom stereocenters. The van der Waals surface area contributed by atoms with Crippen molar-refractivity contribution in [2.45, 2.75) is 44.1 Å². The predicted octanol–water partition coefficient (Wildman–Crippen LogP) is 2.81. The van der Waals surface area contributed by atoms with Crippen molar-refractivity contribution >= 4 is 5.69 Å². The second-order valence-electron chi connectivity index (χ2n) is 5.36. The molecule has 2 N–H and O–H groups in total. The van der Waals surface area contributed by atoms with Crippen molar-refractivity contribution in [3.8, 4) is 5.75 Å². The molecule has 5 heteroatoms. The van der Waals surface area contributed by atoms with E-state index in [1.165, 1.54) is 13.5 Å². The Kier molecular flexibility index (Phi) is 4.04. The number of nitro benzene ring substituents is 1. The average molecular weight is 264 g/mol. The number of benzene rings is 1. The van der Waals surface area contributed by atoms with E-state index in [4.69, 9.17) is 10.5 Å². The molecule has 0 aliphatic heterocycles. The first kappa shape index (κ1) is 13.8. The van der Waals surface area contributed by atoms with E-state index in [1.807, 2.05) is 6.07 Å². The number of hydrogen-bond donors (Lipinski definition) is 1. The molecule has 19 heavy (non-hydrogen) atoms. The minimum absolute atomic E-state index is 0.0133. The smallest absolute Gasteiger partial charge is 0.311 e. The van der Waals surface area contributed by atoms with Crippen LogP contribution in [0.25, 0.3) is 0 Å². The summed E-state index contributed by atoms with van der Waals surface area (Å²) in [5.41, 5.74) is 7.11. The van der Waals surface area contributed by atoms with Crippen LogP contribution in [0.2, 0.25) is 0 Å². The minimum Gasteiger partial charge on any atom is -0.490 e. The van der Waals surface area contributed by atoms with Crippen molar-refractivity contribution < 1.29 is 9.66 Å². The third-order valence-corrected chi connectivity index (χ3v) is 3.85. The number of hydrogen-bond acceptors (Lipinski definition) is 4. The maximum atomic E-state index is 11.0. The molecule has 0 saturated heterocycles. The standard InChI is InChI=1S/C14H20N2O3/c1-19-13-6-5-11(9-12(13)16(17)18)10-14(15)7-3-2-4-8-14/h5-6,9H,2-4,7-8,10,15H2,1H3. The van der Waals surface area contributed by atoms with Crippen LogP contribution in [0.15, 0.2) is 18.2 Å². The molecule has 5 nitrogen and oxygen atoms in total. The van der Waals surface area contributed by atoms with Gasteiger partial charge in [0.2, 0.25) is 0 Å². The number of rotatable bonds is 4. The summed E-state index contributed by atoms with van der Waals surface area (Å²) < 4.78 is 5.00. The zero-order valence-corrected chi connectivity index (χ0v) is 11.2. The Morgan fingerprint density at radius 3 is 2.63 bits per heavy atom. The molecule has 1 aromatic rings. The van der Waals surface area contributed by atoms with Crippen molar-refractivity contribution in [3.05, 3.63) is 33.9 Å². The predicted molar refractivity (Wildman–Crippen MR) is 73.4 cm³/mol. The van der Waals surface area contributed by atoms with Crippen LogP contribution in [0.3, 0.4) is 0 Å². The molecular formula is C14H20N2O3. The van der Waals surface area contributed by atoms with Gasteiger partial charge in [0.05, 0.1) is 12.0 Å². The molecule has 0 radical (unpaired) electrons. The van der Waals surface area contributed by atoms with Crippen LogP contribution in [-0.2, 0) is 6.42 Å². The molecular weight excluding hydrogens is 244 g/mol. The molecule has 0 bridgehead atoms. The van der Waals surface area contributed by atoms with E-state index in [0.29, 0.717) is 12.2 Å². The van der Waals surface area contributed by atoms with E-state index < -0.39 is 4.92 Å². The van der Waals surface area contributed by atoms with E-state index >= 15 is 0 Å². The van der Waals surface area contributed by atoms with Gasteiger partial charge in [-0.2, -0.15) is 0 Å². The van der Waals surface area contributed by atoms with Gasteiger partial charge in [0, 0.05) is 11.6 Å². The summed E-state index contributed by atoms with van der Waals surface area (Å²) in [6, 6.07) is 5.11. The molecule has 1 aliphatic carbocycles. The maximum absolute atomic E-state index is 11.0. The lowest BCUT2D eigenvalue weighted by molar-refractivity contribution is -0.385. The van der Waals surface area contributed by atoms with Gasteiger partial charge < -0.3 is 10.5 Å². The van der Waals surface area contributed by atoms with E-state index in [1.54, 1.807) is 12.1 Å². The van der Waals surface area contributed by atoms with E-state index in [9.17, 15) is 10.1 Å². The summed E-state index contributed by atoms with van der Waals surface area (Å²) in [6.45, 7) is 0. The number of nitro groups is 1. The van der Waals surface area contributed by atoms with Gasteiger partial charge in [-0.05, 0) is 30.9 Å². The first-order chi connectivity index (χ1) is 9.04. The quantitative estimate of drug-likeness (QED) is 0.670. The molecule has 1 fully saturated rings. The highest BCUT2D eigenvalue weighted by Gasteiger charge is 2.28. The first-order valence-electron chi connectivity index (χ1n) is 6.64. The third kappa shape index (κ3) is 3.23. The second-order valence-corrected chi connectivity index (χ2v) is 5.36. The van der Waals surface area contributed by atoms with Gasteiger partial charge >= 0.3 is 5.69 Å². The number of nitrogens with two attached hydrogens (primary N) is 1. The van der Waals surface area contributed by atoms with Crippen LogP contribution in [0, 0.1) is 10.1 Å². The van der Waals surface area contributed by atoms with Crippen LogP contribution in [0.1, 0.15) is 37.7 Å². The molecule has 0 spiro atoms. The molecule has 0 amide bonds. The molecule has 1 aliphatic rings. The zero-order chi connectivity index (χ0) is 13.9. The monoisotopic (exact) mass is 264 g/mol. The second kappa shape index (κ2) is 5.57. The third-order valence-electron chi connectivity index (χ3n) is 3.85. The average Bonchev–Trinajstić information content (AvgIpc) is 2.39. The highest BCUT2D eigenvalue weighted by molar-refractivity contribution is 5.49. The van der Waals surface area contributed by atoms with Crippen LogP contribution >= 0.6 is 0 Å². The molecule has 0 unspecified atom stereocenters. The minimum atomic E-state index is -0.410. The van der Waals surface area contributed by atoms with E-state index in [2.05, 4.69) is 0 Å². The van der Waals surface area contributed by atoms with Gasteiger partial charge in [-0.3, -0.25) is 10.1 Å². The Hall–Kier alpha value is -1.62. The normalized spacial score (nSPS) is 18.0. The topological polar surface area (TPSA) is 78.4 Å². The molecule has 0 heterocycles. The summed E-state index contributed by atoms with van der Waals surface area (Å²) in [5.74, 6) is 0.295. The highest BCUT2D eigenvalue weighted by atomic mass is 16.6. The van der Waals surface area contributed by atoms with Gasteiger partial charge in [0.1, 0.15) is 0 Å². The Labute approximate surface area is 112 Å². The fourth-order valence-electron chi connectivity index (χ4n) is 2.83. The Bertz CT molecular complexity index is 468. The summed E-state index contributed by atoms with van der Waals surface area (Å²) >= 11 is 0. The lowest BCUT2D eigenvalue weighted by Crippen LogP contribution is -2.43. The number of nitrogens with zero attached hydrogens (tertiary/aromatic N) is 1. The summed E-state index contributed by atoms with van der Waals surface area (Å²) in [6.07, 6.45) is 6.21. The van der Waals surface area contributed by atoms with Crippen LogP contribution in [0.4, 0.5) is 5.69 Å². The SMILES string of the molecule is COc1ccc(CC2(N)CCCCC2)cc1[N+](=O)[O-]. The Morgan fingerprint density at radius 1 is 1.37 bits per heavy atom. The molecule has 2 rings (SSSR count). The molecule has 1 aromatic carbocycles. The summed E-state index contributed by atoms with van der Waals surface area (Å²) in [4.78, 5) is 10.6.